The van der Waals surface area contributed by atoms with Gasteiger partial charge in [-0.2, -0.15) is 0 Å². The maximum Gasteiger partial charge on any atom is 0.270 e. The molecule has 8 nitrogen and oxygen atoms in total. The Hall–Kier alpha value is -2.65. The Morgan fingerprint density at radius 2 is 1.85 bits per heavy atom. The van der Waals surface area contributed by atoms with E-state index in [0.717, 1.165) is 12.5 Å². The first kappa shape index (κ1) is 19.1. The lowest BCUT2D eigenvalue weighted by molar-refractivity contribution is -0.384. The Kier molecular flexibility index (Phi) is 5.33. The number of hydrogen-bond acceptors (Lipinski definition) is 5. The number of halogens is 1. The van der Waals surface area contributed by atoms with Crippen LogP contribution in [0.25, 0.3) is 0 Å². The van der Waals surface area contributed by atoms with Crippen LogP contribution in [0.1, 0.15) is 23.2 Å². The van der Waals surface area contributed by atoms with Gasteiger partial charge in [-0.15, -0.1) is 0 Å². The maximum atomic E-state index is 12.3. The molecule has 0 saturated carbocycles. The summed E-state index contributed by atoms with van der Waals surface area (Å²) in [6.07, 6.45) is 1.46. The molecule has 0 unspecified atom stereocenters. The van der Waals surface area contributed by atoms with Gasteiger partial charge in [-0.05, 0) is 43.2 Å². The van der Waals surface area contributed by atoms with Crippen molar-refractivity contribution in [3.63, 3.8) is 0 Å². The molecule has 1 heterocycles. The number of carbonyl (C=O) groups excluding carboxylic acids is 1. The highest BCUT2D eigenvalue weighted by atomic mass is 35.5. The van der Waals surface area contributed by atoms with E-state index in [0.29, 0.717) is 24.3 Å². The monoisotopic (exact) mass is 409 g/mol. The lowest BCUT2D eigenvalue weighted by Crippen LogP contribution is -2.37. The van der Waals surface area contributed by atoms with Crippen LogP contribution in [0.15, 0.2) is 42.5 Å². The molecule has 10 heteroatoms. The fourth-order valence-corrected chi connectivity index (χ4v) is 4.69. The zero-order chi connectivity index (χ0) is 19.6. The van der Waals surface area contributed by atoms with Crippen molar-refractivity contribution in [1.82, 2.24) is 0 Å². The maximum absolute atomic E-state index is 12.3. The van der Waals surface area contributed by atoms with Crippen LogP contribution in [0.2, 0.25) is 5.02 Å². The summed E-state index contributed by atoms with van der Waals surface area (Å²) in [4.78, 5) is 22.5. The van der Waals surface area contributed by atoms with Crippen LogP contribution in [-0.4, -0.2) is 31.5 Å². The standard InChI is InChI=1S/C17H16ClN3O5S/c18-16-11-14(21(23)24)7-8-15(16)17(22)19-12-3-5-13(6-4-12)20-9-1-2-10-27(20,25)26/h3-8,11H,1-2,9-10H2,(H,19,22). The second-order valence-electron chi connectivity index (χ2n) is 6.02. The van der Waals surface area contributed by atoms with Gasteiger partial charge in [-0.25, -0.2) is 8.42 Å². The fraction of sp³-hybridized carbons (Fsp3) is 0.235. The van der Waals surface area contributed by atoms with Crippen molar-refractivity contribution in [3.05, 3.63) is 63.2 Å². The van der Waals surface area contributed by atoms with E-state index in [1.54, 1.807) is 24.3 Å². The van der Waals surface area contributed by atoms with Crippen LogP contribution in [0.4, 0.5) is 17.1 Å². The van der Waals surface area contributed by atoms with E-state index in [4.69, 9.17) is 11.6 Å². The molecule has 1 aliphatic heterocycles. The van der Waals surface area contributed by atoms with Gasteiger partial charge in [0, 0.05) is 24.4 Å². The van der Waals surface area contributed by atoms with Crippen LogP contribution < -0.4 is 9.62 Å². The summed E-state index contributed by atoms with van der Waals surface area (Å²) in [5.41, 5.74) is 0.891. The average molecular weight is 410 g/mol. The average Bonchev–Trinajstić information content (AvgIpc) is 2.62. The van der Waals surface area contributed by atoms with Gasteiger partial charge in [0.15, 0.2) is 0 Å². The molecule has 1 aliphatic rings. The van der Waals surface area contributed by atoms with Crippen molar-refractivity contribution >= 4 is 44.6 Å². The number of nitrogens with one attached hydrogen (secondary N) is 1. The highest BCUT2D eigenvalue weighted by Crippen LogP contribution is 2.26. The van der Waals surface area contributed by atoms with Crippen molar-refractivity contribution in [3.8, 4) is 0 Å². The van der Waals surface area contributed by atoms with E-state index < -0.39 is 20.9 Å². The largest absolute Gasteiger partial charge is 0.322 e. The number of nitro groups is 1. The molecule has 2 aromatic rings. The number of benzene rings is 2. The zero-order valence-corrected chi connectivity index (χ0v) is 15.7. The van der Waals surface area contributed by atoms with E-state index in [1.807, 2.05) is 0 Å². The number of carbonyl (C=O) groups is 1. The minimum Gasteiger partial charge on any atom is -0.322 e. The van der Waals surface area contributed by atoms with E-state index in [9.17, 15) is 23.3 Å². The van der Waals surface area contributed by atoms with Crippen LogP contribution in [0, 0.1) is 10.1 Å². The van der Waals surface area contributed by atoms with Gasteiger partial charge in [0.25, 0.3) is 11.6 Å². The van der Waals surface area contributed by atoms with Crippen molar-refractivity contribution in [2.45, 2.75) is 12.8 Å². The zero-order valence-electron chi connectivity index (χ0n) is 14.1. The quantitative estimate of drug-likeness (QED) is 0.614. The SMILES string of the molecule is O=C(Nc1ccc(N2CCCCS2(=O)=O)cc1)c1ccc([N+](=O)[O-])cc1Cl. The van der Waals surface area contributed by atoms with Crippen molar-refractivity contribution in [1.29, 1.82) is 0 Å². The van der Waals surface area contributed by atoms with Crippen molar-refractivity contribution in [2.75, 3.05) is 21.9 Å². The molecule has 0 aliphatic carbocycles. The van der Waals surface area contributed by atoms with Crippen LogP contribution in [0.5, 0.6) is 0 Å². The van der Waals surface area contributed by atoms with Crippen LogP contribution in [-0.2, 0) is 10.0 Å². The van der Waals surface area contributed by atoms with E-state index in [2.05, 4.69) is 5.32 Å². The Balaban J connectivity index is 1.75. The molecule has 1 amide bonds. The third-order valence-corrected chi connectivity index (χ3v) is 6.35. The number of non-ortho nitro benzene ring substituents is 1. The molecule has 1 saturated heterocycles. The summed E-state index contributed by atoms with van der Waals surface area (Å²) in [6.45, 7) is 0.437. The number of rotatable bonds is 4. The highest BCUT2D eigenvalue weighted by Gasteiger charge is 2.25. The second kappa shape index (κ2) is 7.53. The van der Waals surface area contributed by atoms with Gasteiger partial charge in [-0.1, -0.05) is 11.6 Å². The summed E-state index contributed by atoms with van der Waals surface area (Å²) in [5, 5.41) is 13.3. The molecular weight excluding hydrogens is 394 g/mol. The van der Waals surface area contributed by atoms with Crippen LogP contribution in [0.3, 0.4) is 0 Å². The Morgan fingerprint density at radius 1 is 1.15 bits per heavy atom. The summed E-state index contributed by atoms with van der Waals surface area (Å²) in [5.74, 6) is -0.391. The predicted molar refractivity (Wildman–Crippen MR) is 103 cm³/mol. The number of nitro benzene ring substituents is 1. The molecule has 0 aromatic heterocycles. The number of sulfonamides is 1. The molecule has 0 radical (unpaired) electrons. The first-order valence-corrected chi connectivity index (χ1v) is 10.1. The van der Waals surface area contributed by atoms with Gasteiger partial charge in [0.2, 0.25) is 10.0 Å². The molecule has 0 atom stereocenters. The molecule has 1 N–H and O–H groups in total. The fourth-order valence-electron chi connectivity index (χ4n) is 2.79. The van der Waals surface area contributed by atoms with Gasteiger partial charge < -0.3 is 5.32 Å². The number of hydrogen-bond donors (Lipinski definition) is 1. The van der Waals surface area contributed by atoms with Crippen molar-refractivity contribution < 1.29 is 18.1 Å². The lowest BCUT2D eigenvalue weighted by atomic mass is 10.2. The number of anilines is 2. The first-order chi connectivity index (χ1) is 12.8. The van der Waals surface area contributed by atoms with E-state index >= 15 is 0 Å². The summed E-state index contributed by atoms with van der Waals surface area (Å²) in [6, 6.07) is 10.0. The molecule has 1 fully saturated rings. The van der Waals surface area contributed by atoms with E-state index in [-0.39, 0.29) is 22.0 Å². The third-order valence-electron chi connectivity index (χ3n) is 4.17. The molecule has 142 valence electrons. The molecule has 3 rings (SSSR count). The van der Waals surface area contributed by atoms with Crippen molar-refractivity contribution in [2.24, 2.45) is 0 Å². The minimum atomic E-state index is -3.30. The Bertz CT molecular complexity index is 992. The summed E-state index contributed by atoms with van der Waals surface area (Å²) >= 11 is 5.95. The molecule has 0 bridgehead atoms. The smallest absolute Gasteiger partial charge is 0.270 e. The Labute approximate surface area is 160 Å². The van der Waals surface area contributed by atoms with Gasteiger partial charge in [0.05, 0.1) is 26.9 Å². The van der Waals surface area contributed by atoms with Gasteiger partial charge >= 0.3 is 0 Å². The molecule has 2 aromatic carbocycles. The third kappa shape index (κ3) is 4.20. The minimum absolute atomic E-state index is 0.0299. The molecule has 0 spiro atoms. The molecule has 27 heavy (non-hydrogen) atoms. The highest BCUT2D eigenvalue weighted by molar-refractivity contribution is 7.92. The summed E-state index contributed by atoms with van der Waals surface area (Å²) < 4.78 is 25.6. The van der Waals surface area contributed by atoms with Gasteiger partial charge in [0.1, 0.15) is 0 Å². The van der Waals surface area contributed by atoms with Gasteiger partial charge in [-0.3, -0.25) is 19.2 Å². The normalized spacial score (nSPS) is 16.0. The van der Waals surface area contributed by atoms with E-state index in [1.165, 1.54) is 16.4 Å². The number of nitrogens with zero attached hydrogens (tertiary/aromatic N) is 2. The second-order valence-corrected chi connectivity index (χ2v) is 8.44. The Morgan fingerprint density at radius 3 is 2.44 bits per heavy atom. The summed E-state index contributed by atoms with van der Waals surface area (Å²) in [7, 11) is -3.30. The number of amides is 1. The topological polar surface area (TPSA) is 110 Å². The predicted octanol–water partition coefficient (Wildman–Crippen LogP) is 3.43. The first-order valence-electron chi connectivity index (χ1n) is 8.14. The lowest BCUT2D eigenvalue weighted by Gasteiger charge is -2.28. The molecular formula is C17H16ClN3O5S. The van der Waals surface area contributed by atoms with Crippen LogP contribution >= 0.6 is 11.6 Å².